The first kappa shape index (κ1) is 17.5. The molecular formula is C24H33N3. The Morgan fingerprint density at radius 1 is 1.11 bits per heavy atom. The summed E-state index contributed by atoms with van der Waals surface area (Å²) < 4.78 is 0. The molecule has 5 rings (SSSR count). The van der Waals surface area contributed by atoms with E-state index in [4.69, 9.17) is 4.99 Å². The summed E-state index contributed by atoms with van der Waals surface area (Å²) >= 11 is 0. The molecule has 2 aliphatic carbocycles. The summed E-state index contributed by atoms with van der Waals surface area (Å²) in [5.41, 5.74) is 9.18. The molecule has 0 spiro atoms. The Balaban J connectivity index is 1.46. The Morgan fingerprint density at radius 2 is 1.96 bits per heavy atom. The second kappa shape index (κ2) is 7.09. The lowest BCUT2D eigenvalue weighted by Gasteiger charge is -2.37. The van der Waals surface area contributed by atoms with Gasteiger partial charge >= 0.3 is 0 Å². The summed E-state index contributed by atoms with van der Waals surface area (Å²) in [6.07, 6.45) is 6.48. The zero-order chi connectivity index (χ0) is 18.4. The maximum absolute atomic E-state index is 5.11. The molecule has 1 saturated heterocycles. The lowest BCUT2D eigenvalue weighted by molar-refractivity contribution is 0.258. The molecule has 0 radical (unpaired) electrons. The molecular weight excluding hydrogens is 330 g/mol. The van der Waals surface area contributed by atoms with Crippen molar-refractivity contribution in [2.24, 2.45) is 16.8 Å². The summed E-state index contributed by atoms with van der Waals surface area (Å²) in [4.78, 5) is 10.4. The predicted molar refractivity (Wildman–Crippen MR) is 114 cm³/mol. The highest BCUT2D eigenvalue weighted by Crippen LogP contribution is 2.45. The Bertz CT molecular complexity index is 783. The van der Waals surface area contributed by atoms with Crippen LogP contribution in [0.5, 0.6) is 0 Å². The minimum absolute atomic E-state index is 0.725. The Hall–Kier alpha value is -1.61. The molecule has 0 N–H and O–H groups in total. The number of piperazine rings is 1. The number of aliphatic imine (C=N–C) groups is 1. The summed E-state index contributed by atoms with van der Waals surface area (Å²) in [5, 5.41) is 0. The molecule has 2 fully saturated rings. The molecule has 2 heterocycles. The molecule has 27 heavy (non-hydrogen) atoms. The van der Waals surface area contributed by atoms with E-state index >= 15 is 0 Å². The first-order valence-corrected chi connectivity index (χ1v) is 11.1. The first-order valence-electron chi connectivity index (χ1n) is 11.1. The van der Waals surface area contributed by atoms with Crippen LogP contribution in [0.2, 0.25) is 0 Å². The van der Waals surface area contributed by atoms with Gasteiger partial charge in [0, 0.05) is 56.3 Å². The number of allylic oxidation sites excluding steroid dienone is 1. The van der Waals surface area contributed by atoms with Gasteiger partial charge in [0.25, 0.3) is 0 Å². The molecule has 3 heteroatoms. The number of nitrogens with zero attached hydrogens (tertiary/aromatic N) is 3. The summed E-state index contributed by atoms with van der Waals surface area (Å²) in [7, 11) is 0. The van der Waals surface area contributed by atoms with Gasteiger partial charge < -0.3 is 4.90 Å². The van der Waals surface area contributed by atoms with Gasteiger partial charge in [0.2, 0.25) is 0 Å². The Kier molecular flexibility index (Phi) is 4.59. The fourth-order valence-electron chi connectivity index (χ4n) is 5.97. The van der Waals surface area contributed by atoms with E-state index in [0.29, 0.717) is 0 Å². The van der Waals surface area contributed by atoms with Crippen molar-refractivity contribution in [3.8, 4) is 0 Å². The van der Waals surface area contributed by atoms with Crippen LogP contribution in [0.25, 0.3) is 0 Å². The molecule has 0 amide bonds. The van der Waals surface area contributed by atoms with E-state index in [-0.39, 0.29) is 0 Å². The smallest absolute Gasteiger partial charge is 0.0685 e. The second-order valence-corrected chi connectivity index (χ2v) is 8.96. The average molecular weight is 364 g/mol. The number of hydrogen-bond acceptors (Lipinski definition) is 3. The molecule has 3 nitrogen and oxygen atoms in total. The van der Waals surface area contributed by atoms with Crippen LogP contribution >= 0.6 is 0 Å². The van der Waals surface area contributed by atoms with E-state index in [0.717, 1.165) is 37.9 Å². The minimum atomic E-state index is 0.725. The average Bonchev–Trinajstić information content (AvgIpc) is 3.08. The maximum Gasteiger partial charge on any atom is 0.0685 e. The zero-order valence-corrected chi connectivity index (χ0v) is 17.0. The Morgan fingerprint density at radius 3 is 2.78 bits per heavy atom. The summed E-state index contributed by atoms with van der Waals surface area (Å²) in [6.45, 7) is 11.7. The van der Waals surface area contributed by atoms with Gasteiger partial charge in [0.15, 0.2) is 0 Å². The number of dihydropyridines is 1. The normalized spacial score (nSPS) is 27.9. The molecule has 0 bridgehead atoms. The van der Waals surface area contributed by atoms with Crippen molar-refractivity contribution in [3.63, 3.8) is 0 Å². The standard InChI is InChI=1S/C24H33N3/c1-3-10-26-11-13-27(14-12-26)22-9-5-8-19-20(22)15-21-23-17(2)6-4-7-18(23)16-25-24(19)21/h5,8-9,17-18H,3-4,6-7,10-16H2,1-2H3. The van der Waals surface area contributed by atoms with Crippen LogP contribution in [0.1, 0.15) is 50.7 Å². The highest BCUT2D eigenvalue weighted by molar-refractivity contribution is 6.18. The van der Waals surface area contributed by atoms with Gasteiger partial charge in [-0.1, -0.05) is 38.0 Å². The van der Waals surface area contributed by atoms with Crippen LogP contribution in [0.15, 0.2) is 34.3 Å². The van der Waals surface area contributed by atoms with Crippen LogP contribution in [-0.2, 0) is 6.42 Å². The number of fused-ring (bicyclic) bond motifs is 4. The van der Waals surface area contributed by atoms with Gasteiger partial charge in [0.05, 0.1) is 5.71 Å². The van der Waals surface area contributed by atoms with Crippen LogP contribution < -0.4 is 4.90 Å². The van der Waals surface area contributed by atoms with E-state index < -0.39 is 0 Å². The van der Waals surface area contributed by atoms with Gasteiger partial charge in [-0.2, -0.15) is 0 Å². The van der Waals surface area contributed by atoms with E-state index in [1.165, 1.54) is 62.3 Å². The molecule has 2 atom stereocenters. The summed E-state index contributed by atoms with van der Waals surface area (Å²) in [6, 6.07) is 6.95. The third-order valence-electron chi connectivity index (χ3n) is 7.28. The molecule has 2 aliphatic heterocycles. The molecule has 4 aliphatic rings. The molecule has 1 aromatic carbocycles. The van der Waals surface area contributed by atoms with Gasteiger partial charge in [-0.05, 0) is 48.9 Å². The lowest BCUT2D eigenvalue weighted by atomic mass is 9.73. The number of hydrogen-bond donors (Lipinski definition) is 0. The second-order valence-electron chi connectivity index (χ2n) is 8.96. The van der Waals surface area contributed by atoms with Crippen molar-refractivity contribution in [2.45, 2.75) is 46.0 Å². The van der Waals surface area contributed by atoms with Crippen molar-refractivity contribution < 1.29 is 0 Å². The van der Waals surface area contributed by atoms with Crippen molar-refractivity contribution in [3.05, 3.63) is 40.5 Å². The summed E-state index contributed by atoms with van der Waals surface area (Å²) in [5.74, 6) is 1.47. The van der Waals surface area contributed by atoms with Crippen LogP contribution in [0.4, 0.5) is 5.69 Å². The van der Waals surface area contributed by atoms with Crippen molar-refractivity contribution in [1.82, 2.24) is 4.90 Å². The third-order valence-corrected chi connectivity index (χ3v) is 7.28. The van der Waals surface area contributed by atoms with E-state index in [2.05, 4.69) is 41.8 Å². The Labute approximate surface area is 164 Å². The van der Waals surface area contributed by atoms with Crippen molar-refractivity contribution in [2.75, 3.05) is 44.2 Å². The SMILES string of the molecule is CCCN1CCN(c2cccc3c2CC2=C4C(C)CCCC4CN=C23)CC1. The highest BCUT2D eigenvalue weighted by atomic mass is 15.3. The third kappa shape index (κ3) is 2.95. The van der Waals surface area contributed by atoms with Gasteiger partial charge in [-0.3, -0.25) is 9.89 Å². The van der Waals surface area contributed by atoms with E-state index in [1.54, 1.807) is 16.7 Å². The van der Waals surface area contributed by atoms with Crippen LogP contribution in [0, 0.1) is 11.8 Å². The highest BCUT2D eigenvalue weighted by Gasteiger charge is 2.37. The number of anilines is 1. The predicted octanol–water partition coefficient (Wildman–Crippen LogP) is 4.31. The fraction of sp³-hybridized carbons (Fsp3) is 0.625. The van der Waals surface area contributed by atoms with Gasteiger partial charge in [-0.15, -0.1) is 0 Å². The first-order chi connectivity index (χ1) is 13.3. The molecule has 1 saturated carbocycles. The van der Waals surface area contributed by atoms with E-state index in [9.17, 15) is 0 Å². The van der Waals surface area contributed by atoms with Crippen LogP contribution in [-0.4, -0.2) is 49.9 Å². The van der Waals surface area contributed by atoms with Crippen molar-refractivity contribution >= 4 is 11.4 Å². The largest absolute Gasteiger partial charge is 0.369 e. The monoisotopic (exact) mass is 363 g/mol. The maximum atomic E-state index is 5.11. The fourth-order valence-corrected chi connectivity index (χ4v) is 5.97. The lowest BCUT2D eigenvalue weighted by Crippen LogP contribution is -2.46. The quantitative estimate of drug-likeness (QED) is 0.797. The van der Waals surface area contributed by atoms with Crippen LogP contribution in [0.3, 0.4) is 0 Å². The topological polar surface area (TPSA) is 18.8 Å². The molecule has 2 unspecified atom stereocenters. The molecule has 1 aromatic rings. The van der Waals surface area contributed by atoms with Crippen molar-refractivity contribution in [1.29, 1.82) is 0 Å². The van der Waals surface area contributed by atoms with E-state index in [1.807, 2.05) is 0 Å². The molecule has 0 aromatic heterocycles. The molecule has 144 valence electrons. The number of rotatable bonds is 3. The number of benzene rings is 1. The van der Waals surface area contributed by atoms with Gasteiger partial charge in [-0.25, -0.2) is 0 Å². The van der Waals surface area contributed by atoms with Gasteiger partial charge in [0.1, 0.15) is 0 Å². The zero-order valence-electron chi connectivity index (χ0n) is 17.0. The minimum Gasteiger partial charge on any atom is -0.369 e.